The molecule has 25 heavy (non-hydrogen) atoms. The summed E-state index contributed by atoms with van der Waals surface area (Å²) >= 11 is 0. The van der Waals surface area contributed by atoms with Gasteiger partial charge >= 0.3 is 0 Å². The highest BCUT2D eigenvalue weighted by molar-refractivity contribution is 5.80. The average molecular weight is 333 g/mol. The number of aryl methyl sites for hydroxylation is 1. The van der Waals surface area contributed by atoms with Crippen molar-refractivity contribution in [1.29, 1.82) is 0 Å². The molecule has 3 aromatic rings. The van der Waals surface area contributed by atoms with Crippen molar-refractivity contribution in [2.75, 3.05) is 5.43 Å². The Kier molecular flexibility index (Phi) is 4.75. The maximum absolute atomic E-state index is 10.6. The largest absolute Gasteiger partial charge is 0.269 e. The van der Waals surface area contributed by atoms with Crippen molar-refractivity contribution in [3.63, 3.8) is 0 Å². The topological polar surface area (TPSA) is 93.3 Å². The predicted molar refractivity (Wildman–Crippen MR) is 96.5 cm³/mol. The number of nitro groups is 1. The molecule has 3 rings (SSSR count). The zero-order chi connectivity index (χ0) is 17.6. The van der Waals surface area contributed by atoms with Crippen LogP contribution in [0.25, 0.3) is 11.4 Å². The third-order valence-electron chi connectivity index (χ3n) is 3.38. The number of benzene rings is 2. The molecule has 0 fully saturated rings. The molecule has 1 heterocycles. The molecule has 0 aliphatic carbocycles. The maximum Gasteiger partial charge on any atom is 0.269 e. The second-order valence-electron chi connectivity index (χ2n) is 5.30. The first-order chi connectivity index (χ1) is 12.1. The van der Waals surface area contributed by atoms with Gasteiger partial charge < -0.3 is 0 Å². The molecule has 0 radical (unpaired) electrons. The fourth-order valence-corrected chi connectivity index (χ4v) is 2.20. The quantitative estimate of drug-likeness (QED) is 0.435. The fraction of sp³-hybridized carbons (Fsp3) is 0.0556. The fourth-order valence-electron chi connectivity index (χ4n) is 2.20. The molecule has 0 aliphatic heterocycles. The Balaban J connectivity index is 1.74. The van der Waals surface area contributed by atoms with E-state index in [1.165, 1.54) is 12.1 Å². The molecule has 7 heteroatoms. The lowest BCUT2D eigenvalue weighted by Gasteiger charge is -2.05. The summed E-state index contributed by atoms with van der Waals surface area (Å²) in [7, 11) is 0. The predicted octanol–water partition coefficient (Wildman–Crippen LogP) is 3.81. The Labute approximate surface area is 144 Å². The van der Waals surface area contributed by atoms with Gasteiger partial charge in [0.05, 0.1) is 11.1 Å². The molecule has 0 unspecified atom stereocenters. The molecule has 0 aliphatic rings. The summed E-state index contributed by atoms with van der Waals surface area (Å²) < 4.78 is 0. The van der Waals surface area contributed by atoms with E-state index in [1.807, 2.05) is 37.3 Å². The lowest BCUT2D eigenvalue weighted by Crippen LogP contribution is -1.99. The first-order valence-electron chi connectivity index (χ1n) is 7.56. The van der Waals surface area contributed by atoms with Gasteiger partial charge in [0.2, 0.25) is 0 Å². The molecule has 0 bridgehead atoms. The summed E-state index contributed by atoms with van der Waals surface area (Å²) in [6, 6.07) is 17.6. The highest BCUT2D eigenvalue weighted by Crippen LogP contribution is 2.17. The summed E-state index contributed by atoms with van der Waals surface area (Å²) in [5, 5.41) is 14.8. The number of hydrazone groups is 1. The van der Waals surface area contributed by atoms with E-state index in [-0.39, 0.29) is 5.69 Å². The Morgan fingerprint density at radius 3 is 2.48 bits per heavy atom. The van der Waals surface area contributed by atoms with Gasteiger partial charge in [-0.1, -0.05) is 30.3 Å². The minimum Gasteiger partial charge on any atom is -0.261 e. The Morgan fingerprint density at radius 2 is 1.80 bits per heavy atom. The number of nitrogens with zero attached hydrogens (tertiary/aromatic N) is 4. The zero-order valence-electron chi connectivity index (χ0n) is 13.5. The molecule has 1 aromatic heterocycles. The van der Waals surface area contributed by atoms with E-state index >= 15 is 0 Å². The number of hydrogen-bond acceptors (Lipinski definition) is 6. The van der Waals surface area contributed by atoms with Crippen LogP contribution in [0.5, 0.6) is 0 Å². The van der Waals surface area contributed by atoms with Crippen molar-refractivity contribution in [3.8, 4) is 11.4 Å². The number of aromatic nitrogens is 2. The van der Waals surface area contributed by atoms with E-state index < -0.39 is 4.92 Å². The van der Waals surface area contributed by atoms with Gasteiger partial charge in [-0.2, -0.15) is 5.10 Å². The lowest BCUT2D eigenvalue weighted by atomic mass is 10.2. The molecule has 0 saturated heterocycles. The summed E-state index contributed by atoms with van der Waals surface area (Å²) in [5.41, 5.74) is 5.40. The normalized spacial score (nSPS) is 10.8. The number of anilines is 1. The highest BCUT2D eigenvalue weighted by Gasteiger charge is 2.04. The SMILES string of the molecule is Cc1cc(N/N=C\c2ccc([N+](=O)[O-])cc2)nc(-c2ccccc2)n1. The van der Waals surface area contributed by atoms with Crippen molar-refractivity contribution >= 4 is 17.7 Å². The van der Waals surface area contributed by atoms with Gasteiger partial charge in [-0.3, -0.25) is 15.5 Å². The molecule has 0 amide bonds. The molecular formula is C18H15N5O2. The second-order valence-corrected chi connectivity index (χ2v) is 5.30. The van der Waals surface area contributed by atoms with Crippen LogP contribution in [0, 0.1) is 17.0 Å². The van der Waals surface area contributed by atoms with E-state index in [0.717, 1.165) is 16.8 Å². The van der Waals surface area contributed by atoms with Crippen LogP contribution in [0.1, 0.15) is 11.3 Å². The van der Waals surface area contributed by atoms with E-state index in [0.29, 0.717) is 11.6 Å². The Hall–Kier alpha value is -3.61. The number of nitro benzene ring substituents is 1. The van der Waals surface area contributed by atoms with Gasteiger partial charge in [0, 0.05) is 29.5 Å². The van der Waals surface area contributed by atoms with Crippen LogP contribution in [0.4, 0.5) is 11.5 Å². The summed E-state index contributed by atoms with van der Waals surface area (Å²) in [4.78, 5) is 19.1. The van der Waals surface area contributed by atoms with Gasteiger partial charge in [-0.25, -0.2) is 9.97 Å². The number of non-ortho nitro benzene ring substituents is 1. The van der Waals surface area contributed by atoms with Gasteiger partial charge in [0.15, 0.2) is 11.6 Å². The number of nitrogens with one attached hydrogen (secondary N) is 1. The van der Waals surface area contributed by atoms with Crippen molar-refractivity contribution in [3.05, 3.63) is 82.0 Å². The van der Waals surface area contributed by atoms with Gasteiger partial charge in [0.25, 0.3) is 5.69 Å². The van der Waals surface area contributed by atoms with Crippen molar-refractivity contribution in [2.45, 2.75) is 6.92 Å². The molecular weight excluding hydrogens is 318 g/mol. The first kappa shape index (κ1) is 16.3. The highest BCUT2D eigenvalue weighted by atomic mass is 16.6. The second kappa shape index (κ2) is 7.31. The lowest BCUT2D eigenvalue weighted by molar-refractivity contribution is -0.384. The Morgan fingerprint density at radius 1 is 1.08 bits per heavy atom. The zero-order valence-corrected chi connectivity index (χ0v) is 13.5. The third kappa shape index (κ3) is 4.23. The van der Waals surface area contributed by atoms with E-state index in [9.17, 15) is 10.1 Å². The summed E-state index contributed by atoms with van der Waals surface area (Å²) in [5.74, 6) is 1.19. The van der Waals surface area contributed by atoms with Crippen LogP contribution in [0.2, 0.25) is 0 Å². The smallest absolute Gasteiger partial charge is 0.261 e. The number of rotatable bonds is 5. The van der Waals surface area contributed by atoms with Crippen LogP contribution in [-0.2, 0) is 0 Å². The van der Waals surface area contributed by atoms with Gasteiger partial charge in [-0.15, -0.1) is 0 Å². The first-order valence-corrected chi connectivity index (χ1v) is 7.56. The van der Waals surface area contributed by atoms with Crippen LogP contribution in [0.15, 0.2) is 65.8 Å². The standard InChI is InChI=1S/C18H15N5O2/c1-13-11-17(21-18(20-13)15-5-3-2-4-6-15)22-19-12-14-7-9-16(10-8-14)23(24)25/h2-12H,1H3,(H,20,21,22)/b19-12-. The summed E-state index contributed by atoms with van der Waals surface area (Å²) in [6.45, 7) is 1.89. The molecule has 124 valence electrons. The van der Waals surface area contributed by atoms with E-state index in [2.05, 4.69) is 20.5 Å². The van der Waals surface area contributed by atoms with E-state index in [4.69, 9.17) is 0 Å². The third-order valence-corrected chi connectivity index (χ3v) is 3.38. The number of hydrogen-bond donors (Lipinski definition) is 1. The molecule has 0 saturated carbocycles. The molecule has 0 atom stereocenters. The van der Waals surface area contributed by atoms with Crippen LogP contribution in [0.3, 0.4) is 0 Å². The Bertz CT molecular complexity index is 909. The molecule has 2 aromatic carbocycles. The molecule has 0 spiro atoms. The minimum absolute atomic E-state index is 0.0454. The minimum atomic E-state index is -0.437. The van der Waals surface area contributed by atoms with Crippen molar-refractivity contribution in [2.24, 2.45) is 5.10 Å². The van der Waals surface area contributed by atoms with Crippen LogP contribution >= 0.6 is 0 Å². The van der Waals surface area contributed by atoms with Gasteiger partial charge in [0.1, 0.15) is 0 Å². The maximum atomic E-state index is 10.6. The van der Waals surface area contributed by atoms with Crippen molar-refractivity contribution < 1.29 is 4.92 Å². The van der Waals surface area contributed by atoms with E-state index in [1.54, 1.807) is 24.4 Å². The van der Waals surface area contributed by atoms with Gasteiger partial charge in [-0.05, 0) is 24.6 Å². The average Bonchev–Trinajstić information content (AvgIpc) is 2.62. The van der Waals surface area contributed by atoms with Crippen LogP contribution < -0.4 is 5.43 Å². The van der Waals surface area contributed by atoms with Crippen LogP contribution in [-0.4, -0.2) is 21.1 Å². The van der Waals surface area contributed by atoms with Crippen molar-refractivity contribution in [1.82, 2.24) is 9.97 Å². The summed E-state index contributed by atoms with van der Waals surface area (Å²) in [6.07, 6.45) is 1.57. The molecule has 1 N–H and O–H groups in total. The molecule has 7 nitrogen and oxygen atoms in total. The monoisotopic (exact) mass is 333 g/mol.